The molecular formula is C9H12N4O3S2. The van der Waals surface area contributed by atoms with Crippen LogP contribution in [0.3, 0.4) is 0 Å². The molecule has 0 aliphatic heterocycles. The third-order valence-electron chi connectivity index (χ3n) is 2.17. The van der Waals surface area contributed by atoms with Crippen molar-refractivity contribution >= 4 is 26.6 Å². The van der Waals surface area contributed by atoms with Crippen molar-refractivity contribution in [2.75, 3.05) is 19.4 Å². The van der Waals surface area contributed by atoms with Gasteiger partial charge in [0.1, 0.15) is 10.8 Å². The molecule has 0 saturated carbocycles. The van der Waals surface area contributed by atoms with Gasteiger partial charge < -0.3 is 9.73 Å². The maximum absolute atomic E-state index is 11.8. The number of anilines is 1. The molecule has 0 amide bonds. The van der Waals surface area contributed by atoms with Gasteiger partial charge in [-0.25, -0.2) is 12.7 Å². The molecular weight excluding hydrogens is 276 g/mol. The molecule has 0 atom stereocenters. The Hall–Kier alpha value is -1.45. The van der Waals surface area contributed by atoms with Crippen LogP contribution in [0.15, 0.2) is 27.8 Å². The zero-order valence-corrected chi connectivity index (χ0v) is 11.5. The lowest BCUT2D eigenvalue weighted by Crippen LogP contribution is -2.21. The van der Waals surface area contributed by atoms with Crippen LogP contribution in [-0.2, 0) is 16.6 Å². The summed E-state index contributed by atoms with van der Waals surface area (Å²) in [5.41, 5.74) is 0. The molecule has 0 unspecified atom stereocenters. The van der Waals surface area contributed by atoms with Crippen LogP contribution in [0.1, 0.15) is 5.76 Å². The average molecular weight is 288 g/mol. The lowest BCUT2D eigenvalue weighted by atomic mass is 10.4. The SMILES string of the molecule is CN(C)S(=O)(=O)c1ccc(CNc2cnns2)o1. The number of nitrogens with one attached hydrogen (secondary N) is 1. The van der Waals surface area contributed by atoms with Gasteiger partial charge in [0, 0.05) is 25.6 Å². The highest BCUT2D eigenvalue weighted by molar-refractivity contribution is 7.88. The first-order valence-corrected chi connectivity index (χ1v) is 7.24. The van der Waals surface area contributed by atoms with E-state index in [9.17, 15) is 8.42 Å². The predicted molar refractivity (Wildman–Crippen MR) is 66.8 cm³/mol. The van der Waals surface area contributed by atoms with E-state index in [0.29, 0.717) is 12.3 Å². The number of sulfonamides is 1. The molecule has 2 aromatic heterocycles. The maximum atomic E-state index is 11.8. The zero-order chi connectivity index (χ0) is 13.2. The Kier molecular flexibility index (Phi) is 3.64. The van der Waals surface area contributed by atoms with E-state index >= 15 is 0 Å². The molecule has 98 valence electrons. The molecule has 0 radical (unpaired) electrons. The summed E-state index contributed by atoms with van der Waals surface area (Å²) in [4.78, 5) is 0. The fraction of sp³-hybridized carbons (Fsp3) is 0.333. The van der Waals surface area contributed by atoms with Crippen molar-refractivity contribution in [1.82, 2.24) is 13.9 Å². The van der Waals surface area contributed by atoms with E-state index in [4.69, 9.17) is 4.42 Å². The largest absolute Gasteiger partial charge is 0.446 e. The molecule has 7 nitrogen and oxygen atoms in total. The van der Waals surface area contributed by atoms with E-state index in [-0.39, 0.29) is 5.09 Å². The second kappa shape index (κ2) is 5.04. The second-order valence-electron chi connectivity index (χ2n) is 3.64. The van der Waals surface area contributed by atoms with Gasteiger partial charge >= 0.3 is 0 Å². The topological polar surface area (TPSA) is 88.3 Å². The van der Waals surface area contributed by atoms with E-state index in [2.05, 4.69) is 14.9 Å². The first-order chi connectivity index (χ1) is 8.50. The van der Waals surface area contributed by atoms with Gasteiger partial charge in [-0.1, -0.05) is 4.49 Å². The first kappa shape index (κ1) is 13.0. The van der Waals surface area contributed by atoms with Gasteiger partial charge in [0.2, 0.25) is 5.09 Å². The highest BCUT2D eigenvalue weighted by atomic mass is 32.2. The lowest BCUT2D eigenvalue weighted by molar-refractivity contribution is 0.402. The Bertz CT molecular complexity index is 604. The van der Waals surface area contributed by atoms with E-state index in [1.807, 2.05) is 0 Å². The van der Waals surface area contributed by atoms with Crippen LogP contribution in [0.2, 0.25) is 0 Å². The molecule has 0 saturated heterocycles. The fourth-order valence-corrected chi connectivity index (χ4v) is 2.42. The Morgan fingerprint density at radius 3 is 2.83 bits per heavy atom. The van der Waals surface area contributed by atoms with Crippen LogP contribution in [0.4, 0.5) is 5.00 Å². The standard InChI is InChI=1S/C9H12N4O3S2/c1-13(2)18(14,15)9-4-3-7(16-9)5-10-8-6-11-12-17-8/h3-4,6,10H,5H2,1-2H3. The van der Waals surface area contributed by atoms with Crippen molar-refractivity contribution in [3.8, 4) is 0 Å². The van der Waals surface area contributed by atoms with Crippen molar-refractivity contribution < 1.29 is 12.8 Å². The molecule has 0 aliphatic carbocycles. The lowest BCUT2D eigenvalue weighted by Gasteiger charge is -2.07. The Balaban J connectivity index is 2.07. The summed E-state index contributed by atoms with van der Waals surface area (Å²) in [7, 11) is -0.597. The molecule has 18 heavy (non-hydrogen) atoms. The van der Waals surface area contributed by atoms with Gasteiger partial charge in [0.15, 0.2) is 0 Å². The van der Waals surface area contributed by atoms with Gasteiger partial charge in [-0.3, -0.25) is 0 Å². The minimum atomic E-state index is -3.51. The monoisotopic (exact) mass is 288 g/mol. The minimum Gasteiger partial charge on any atom is -0.446 e. The molecule has 2 rings (SSSR count). The summed E-state index contributed by atoms with van der Waals surface area (Å²) in [5.74, 6) is 0.531. The van der Waals surface area contributed by atoms with Gasteiger partial charge in [0.25, 0.3) is 10.0 Å². The number of hydrogen-bond acceptors (Lipinski definition) is 7. The molecule has 0 aliphatic rings. The van der Waals surface area contributed by atoms with Crippen LogP contribution in [0.25, 0.3) is 0 Å². The molecule has 2 aromatic rings. The number of hydrogen-bond donors (Lipinski definition) is 1. The summed E-state index contributed by atoms with van der Waals surface area (Å²) in [5, 5.41) is 7.43. The Morgan fingerprint density at radius 1 is 1.44 bits per heavy atom. The van der Waals surface area contributed by atoms with E-state index in [1.165, 1.54) is 31.7 Å². The molecule has 0 aromatic carbocycles. The number of rotatable bonds is 5. The van der Waals surface area contributed by atoms with E-state index in [0.717, 1.165) is 9.31 Å². The van der Waals surface area contributed by atoms with Crippen molar-refractivity contribution in [2.45, 2.75) is 11.6 Å². The zero-order valence-electron chi connectivity index (χ0n) is 9.82. The van der Waals surface area contributed by atoms with Crippen LogP contribution >= 0.6 is 11.5 Å². The summed E-state index contributed by atoms with van der Waals surface area (Å²) in [6.07, 6.45) is 1.59. The molecule has 0 fully saturated rings. The summed E-state index contributed by atoms with van der Waals surface area (Å²) < 4.78 is 33.6. The Labute approximate surface area is 109 Å². The Morgan fingerprint density at radius 2 is 2.22 bits per heavy atom. The third kappa shape index (κ3) is 2.68. The van der Waals surface area contributed by atoms with Crippen LogP contribution in [0.5, 0.6) is 0 Å². The molecule has 9 heteroatoms. The van der Waals surface area contributed by atoms with Crippen LogP contribution in [0, 0.1) is 0 Å². The predicted octanol–water partition coefficient (Wildman–Crippen LogP) is 0.994. The molecule has 0 spiro atoms. The highest BCUT2D eigenvalue weighted by Gasteiger charge is 2.21. The van der Waals surface area contributed by atoms with E-state index < -0.39 is 10.0 Å². The van der Waals surface area contributed by atoms with Crippen LogP contribution in [-0.4, -0.2) is 36.4 Å². The fourth-order valence-electron chi connectivity index (χ4n) is 1.19. The summed E-state index contributed by atoms with van der Waals surface area (Å²) >= 11 is 1.22. The third-order valence-corrected chi connectivity index (χ3v) is 4.48. The smallest absolute Gasteiger partial charge is 0.275 e. The van der Waals surface area contributed by atoms with Crippen LogP contribution < -0.4 is 5.32 Å². The normalized spacial score (nSPS) is 11.9. The molecule has 2 heterocycles. The van der Waals surface area contributed by atoms with Gasteiger partial charge in [-0.2, -0.15) is 0 Å². The second-order valence-corrected chi connectivity index (χ2v) is 6.51. The molecule has 1 N–H and O–H groups in total. The number of aromatic nitrogens is 2. The van der Waals surface area contributed by atoms with Crippen molar-refractivity contribution in [3.63, 3.8) is 0 Å². The quantitative estimate of drug-likeness (QED) is 0.882. The van der Waals surface area contributed by atoms with E-state index in [1.54, 1.807) is 12.3 Å². The van der Waals surface area contributed by atoms with Gasteiger partial charge in [-0.15, -0.1) is 5.10 Å². The molecule has 0 bridgehead atoms. The van der Waals surface area contributed by atoms with Crippen molar-refractivity contribution in [2.24, 2.45) is 0 Å². The highest BCUT2D eigenvalue weighted by Crippen LogP contribution is 2.18. The van der Waals surface area contributed by atoms with Gasteiger partial charge in [0.05, 0.1) is 12.7 Å². The van der Waals surface area contributed by atoms with Gasteiger partial charge in [-0.05, 0) is 12.1 Å². The minimum absolute atomic E-state index is 0.0632. The number of nitrogens with zero attached hydrogens (tertiary/aromatic N) is 3. The number of furan rings is 1. The van der Waals surface area contributed by atoms with Crippen molar-refractivity contribution in [1.29, 1.82) is 0 Å². The maximum Gasteiger partial charge on any atom is 0.275 e. The van der Waals surface area contributed by atoms with Crippen molar-refractivity contribution in [3.05, 3.63) is 24.1 Å². The average Bonchev–Trinajstić information content (AvgIpc) is 2.97. The summed E-state index contributed by atoms with van der Waals surface area (Å²) in [6, 6.07) is 3.06. The summed E-state index contributed by atoms with van der Waals surface area (Å²) in [6.45, 7) is 0.382. The first-order valence-electron chi connectivity index (χ1n) is 5.02.